The first-order valence-electron chi connectivity index (χ1n) is 9.18. The van der Waals surface area contributed by atoms with Gasteiger partial charge < -0.3 is 0 Å². The lowest BCUT2D eigenvalue weighted by molar-refractivity contribution is 0.286. The summed E-state index contributed by atoms with van der Waals surface area (Å²) in [6.07, 6.45) is 2.77. The van der Waals surface area contributed by atoms with E-state index in [0.717, 1.165) is 36.7 Å². The Morgan fingerprint density at radius 2 is 1.79 bits per heavy atom. The Bertz CT molecular complexity index is 625. The van der Waals surface area contributed by atoms with Gasteiger partial charge in [0.1, 0.15) is 8.24 Å². The number of thioether (sulfide) groups is 1. The van der Waals surface area contributed by atoms with Crippen LogP contribution in [0, 0.1) is 5.92 Å². The molecule has 1 aromatic rings. The van der Waals surface area contributed by atoms with E-state index in [1.54, 1.807) is 10.5 Å². The van der Waals surface area contributed by atoms with Crippen LogP contribution in [0.25, 0.3) is 5.57 Å². The molecule has 0 spiro atoms. The van der Waals surface area contributed by atoms with Crippen LogP contribution in [0.15, 0.2) is 35.2 Å². The smallest absolute Gasteiger partial charge is 0.129 e. The second-order valence-corrected chi connectivity index (χ2v) is 14.0. The minimum Gasteiger partial charge on any atom is -0.299 e. The maximum Gasteiger partial charge on any atom is 0.129 e. The van der Waals surface area contributed by atoms with E-state index in [1.165, 1.54) is 18.4 Å². The van der Waals surface area contributed by atoms with Gasteiger partial charge in [0, 0.05) is 25.3 Å². The highest BCUT2D eigenvalue weighted by Gasteiger charge is 2.52. The van der Waals surface area contributed by atoms with Crippen LogP contribution in [0.4, 0.5) is 0 Å². The first-order valence-corrected chi connectivity index (χ1v) is 13.1. The minimum atomic E-state index is -1.45. The molecule has 0 aromatic heterocycles. The van der Waals surface area contributed by atoms with Gasteiger partial charge in [-0.25, -0.2) is 0 Å². The number of allylic oxidation sites excluding steroid dienone is 2. The lowest BCUT2D eigenvalue weighted by atomic mass is 9.91. The van der Waals surface area contributed by atoms with E-state index in [4.69, 9.17) is 0 Å². The van der Waals surface area contributed by atoms with E-state index in [1.807, 2.05) is 0 Å². The molecule has 0 radical (unpaired) electrons. The maximum absolute atomic E-state index is 3.50. The third kappa shape index (κ3) is 2.80. The Kier molecular flexibility index (Phi) is 4.64. The summed E-state index contributed by atoms with van der Waals surface area (Å²) in [6.45, 7) is 10.6. The third-order valence-corrected chi connectivity index (χ3v) is 12.5. The molecule has 1 aliphatic carbocycles. The molecule has 2 heterocycles. The van der Waals surface area contributed by atoms with Crippen LogP contribution >= 0.6 is 11.8 Å². The fourth-order valence-corrected chi connectivity index (χ4v) is 11.1. The molecule has 130 valence electrons. The van der Waals surface area contributed by atoms with E-state index in [0.29, 0.717) is 0 Å². The lowest BCUT2D eigenvalue weighted by Crippen LogP contribution is -2.63. The molecule has 3 atom stereocenters. The molecular weight excluding hydrogens is 330 g/mol. The summed E-state index contributed by atoms with van der Waals surface area (Å²) in [6, 6.07) is 11.1. The largest absolute Gasteiger partial charge is 0.299 e. The molecule has 1 aromatic carbocycles. The van der Waals surface area contributed by atoms with Crippen LogP contribution in [0.2, 0.25) is 18.6 Å². The Labute approximate surface area is 151 Å². The van der Waals surface area contributed by atoms with Crippen molar-refractivity contribution in [3.63, 3.8) is 0 Å². The van der Waals surface area contributed by atoms with Crippen molar-refractivity contribution in [2.45, 2.75) is 43.7 Å². The van der Waals surface area contributed by atoms with Gasteiger partial charge in [0.05, 0.1) is 0 Å². The van der Waals surface area contributed by atoms with Gasteiger partial charge in [0.15, 0.2) is 0 Å². The summed E-state index contributed by atoms with van der Waals surface area (Å²) in [4.78, 5) is 1.57. The van der Waals surface area contributed by atoms with Crippen molar-refractivity contribution in [2.24, 2.45) is 5.92 Å². The van der Waals surface area contributed by atoms with Crippen LogP contribution in [0.5, 0.6) is 0 Å². The minimum absolute atomic E-state index is 0.764. The average Bonchev–Trinajstić information content (AvgIpc) is 3.14. The van der Waals surface area contributed by atoms with Crippen molar-refractivity contribution in [2.75, 3.05) is 20.0 Å². The molecular formula is C19H29N3SSi. The topological polar surface area (TPSA) is 27.3 Å². The first-order chi connectivity index (χ1) is 11.6. The molecule has 2 N–H and O–H groups in total. The molecule has 4 rings (SSSR count). The fraction of sp³-hybridized carbons (Fsp3) is 0.579. The van der Waals surface area contributed by atoms with Crippen LogP contribution in [-0.2, 0) is 0 Å². The number of rotatable bonds is 3. The molecule has 0 bridgehead atoms. The molecule has 24 heavy (non-hydrogen) atoms. The first kappa shape index (κ1) is 16.9. The Hall–Kier alpha value is -0.593. The summed E-state index contributed by atoms with van der Waals surface area (Å²) in [7, 11) is -1.45. The van der Waals surface area contributed by atoms with E-state index < -0.39 is 8.24 Å². The summed E-state index contributed by atoms with van der Waals surface area (Å²) in [5.74, 6) is 0.764. The van der Waals surface area contributed by atoms with Crippen LogP contribution in [0.3, 0.4) is 0 Å². The Morgan fingerprint density at radius 3 is 2.50 bits per heavy atom. The summed E-state index contributed by atoms with van der Waals surface area (Å²) in [5, 5.41) is 7.79. The number of benzene rings is 1. The predicted octanol–water partition coefficient (Wildman–Crippen LogP) is 3.89. The summed E-state index contributed by atoms with van der Waals surface area (Å²) >= 11 is 2.18. The molecule has 5 heteroatoms. The van der Waals surface area contributed by atoms with E-state index in [9.17, 15) is 0 Å². The highest BCUT2D eigenvalue weighted by molar-refractivity contribution is 8.04. The normalized spacial score (nSPS) is 31.5. The quantitative estimate of drug-likeness (QED) is 0.801. The maximum atomic E-state index is 3.50. The van der Waals surface area contributed by atoms with Gasteiger partial charge in [-0.15, -0.1) is 11.8 Å². The molecule has 3 aliphatic rings. The van der Waals surface area contributed by atoms with Gasteiger partial charge in [-0.2, -0.15) is 0 Å². The van der Waals surface area contributed by atoms with Gasteiger partial charge in [-0.1, -0.05) is 43.4 Å². The predicted molar refractivity (Wildman–Crippen MR) is 107 cm³/mol. The molecule has 2 fully saturated rings. The highest BCUT2D eigenvalue weighted by atomic mass is 32.2. The molecule has 2 aliphatic heterocycles. The van der Waals surface area contributed by atoms with Crippen molar-refractivity contribution >= 4 is 25.6 Å². The van der Waals surface area contributed by atoms with Crippen molar-refractivity contribution in [3.05, 3.63) is 40.8 Å². The third-order valence-electron chi connectivity index (χ3n) is 6.31. The Balaban J connectivity index is 1.57. The van der Waals surface area contributed by atoms with Gasteiger partial charge in [-0.3, -0.25) is 15.2 Å². The van der Waals surface area contributed by atoms with E-state index in [-0.39, 0.29) is 0 Å². The number of hydrogen-bond acceptors (Lipinski definition) is 4. The number of fused-ring (bicyclic) bond motifs is 1. The Morgan fingerprint density at radius 1 is 1.08 bits per heavy atom. The average molecular weight is 360 g/mol. The molecule has 1 saturated carbocycles. The van der Waals surface area contributed by atoms with Crippen molar-refractivity contribution in [3.8, 4) is 0 Å². The van der Waals surface area contributed by atoms with E-state index in [2.05, 4.69) is 77.3 Å². The summed E-state index contributed by atoms with van der Waals surface area (Å²) in [5.41, 5.74) is 3.98. The number of hydrogen-bond donors (Lipinski definition) is 2. The van der Waals surface area contributed by atoms with Crippen molar-refractivity contribution in [1.82, 2.24) is 15.2 Å². The zero-order chi connectivity index (χ0) is 16.7. The highest BCUT2D eigenvalue weighted by Crippen LogP contribution is 2.60. The molecule has 3 unspecified atom stereocenters. The van der Waals surface area contributed by atoms with Crippen LogP contribution < -0.4 is 10.6 Å². The molecule has 3 nitrogen and oxygen atoms in total. The second-order valence-electron chi connectivity index (χ2n) is 7.90. The van der Waals surface area contributed by atoms with Crippen molar-refractivity contribution in [1.29, 1.82) is 0 Å². The SMILES string of the molecule is CC1=C(c2ccccc2)C2CCC([Si](C)(C)N3CNCNC3)C2S1. The van der Waals surface area contributed by atoms with Gasteiger partial charge in [0.2, 0.25) is 0 Å². The summed E-state index contributed by atoms with van der Waals surface area (Å²) < 4.78 is 2.72. The van der Waals surface area contributed by atoms with E-state index >= 15 is 0 Å². The van der Waals surface area contributed by atoms with Gasteiger partial charge in [0.25, 0.3) is 0 Å². The fourth-order valence-electron chi connectivity index (χ4n) is 4.93. The monoisotopic (exact) mass is 359 g/mol. The second kappa shape index (κ2) is 6.61. The zero-order valence-corrected chi connectivity index (χ0v) is 16.8. The number of nitrogens with one attached hydrogen (secondary N) is 2. The lowest BCUT2D eigenvalue weighted by Gasteiger charge is -2.45. The van der Waals surface area contributed by atoms with Gasteiger partial charge >= 0.3 is 0 Å². The zero-order valence-electron chi connectivity index (χ0n) is 15.0. The standard InChI is InChI=1S/C19H29N3SSi/c1-14-18(15-7-5-4-6-8-15)16-9-10-17(19(16)23-14)24(2,3)22-12-20-11-21-13-22/h4-8,16-17,19-21H,9-13H2,1-3H3. The van der Waals surface area contributed by atoms with Gasteiger partial charge in [-0.05, 0) is 47.3 Å². The van der Waals surface area contributed by atoms with Crippen molar-refractivity contribution < 1.29 is 0 Å². The molecule has 1 saturated heterocycles. The van der Waals surface area contributed by atoms with Crippen LogP contribution in [-0.4, -0.2) is 38.1 Å². The number of nitrogens with zero attached hydrogens (tertiary/aromatic N) is 1. The molecule has 0 amide bonds. The van der Waals surface area contributed by atoms with Crippen LogP contribution in [0.1, 0.15) is 25.3 Å².